The van der Waals surface area contributed by atoms with Crippen molar-refractivity contribution >= 4 is 21.8 Å². The van der Waals surface area contributed by atoms with E-state index < -0.39 is 0 Å². The van der Waals surface area contributed by atoms with Crippen molar-refractivity contribution in [3.8, 4) is 22.6 Å². The van der Waals surface area contributed by atoms with E-state index in [1.54, 1.807) is 12.1 Å². The summed E-state index contributed by atoms with van der Waals surface area (Å²) in [6.45, 7) is 6.68. The lowest BCUT2D eigenvalue weighted by Gasteiger charge is -2.62. The van der Waals surface area contributed by atoms with E-state index in [1.165, 1.54) is 33.7 Å². The zero-order valence-electron chi connectivity index (χ0n) is 28.4. The van der Waals surface area contributed by atoms with Crippen LogP contribution in [0.2, 0.25) is 0 Å². The summed E-state index contributed by atoms with van der Waals surface area (Å²) in [6, 6.07) is 8.75. The first-order chi connectivity index (χ1) is 23.2. The standard InChI is InChI=1S/C40H46N4O4/c1-5-19-15-43(3)29-13-23-35-27(41-39(23)31(43)11-21(19)25(29)17-45)7-9-33(47)37(35)38-34(48)10-8-28-36(38)24-14-30-26(18-46)22-12-32(40(24)42-28)44(30,4)16-20(22)6-2/h5-10,21-22,25-26,29-32,41-42,45-46H,11-18H2,1-4H3/p+2. The third-order valence-corrected chi connectivity index (χ3v) is 15.0. The summed E-state index contributed by atoms with van der Waals surface area (Å²) >= 11 is 0. The predicted molar refractivity (Wildman–Crippen MR) is 186 cm³/mol. The minimum absolute atomic E-state index is 0.179. The van der Waals surface area contributed by atoms with Crippen molar-refractivity contribution in [2.45, 2.75) is 63.7 Å². The Morgan fingerprint density at radius 3 is 1.48 bits per heavy atom. The third kappa shape index (κ3) is 3.31. The number of benzene rings is 2. The maximum atomic E-state index is 11.8. The van der Waals surface area contributed by atoms with E-state index in [-0.39, 0.29) is 36.5 Å². The molecular formula is C40H48N4O4+2. The van der Waals surface area contributed by atoms with Crippen LogP contribution in [0.5, 0.6) is 11.5 Å². The van der Waals surface area contributed by atoms with E-state index in [9.17, 15) is 20.4 Å². The van der Waals surface area contributed by atoms with Gasteiger partial charge < -0.3 is 39.4 Å². The number of phenolic OH excluding ortho intramolecular Hbond substituents is 2. The summed E-state index contributed by atoms with van der Waals surface area (Å²) < 4.78 is 1.83. The van der Waals surface area contributed by atoms with Crippen molar-refractivity contribution in [1.29, 1.82) is 0 Å². The van der Waals surface area contributed by atoms with Crippen LogP contribution in [0.3, 0.4) is 0 Å². The number of fused-ring (bicyclic) bond motifs is 8. The third-order valence-electron chi connectivity index (χ3n) is 15.0. The number of quaternary nitrogens is 2. The maximum absolute atomic E-state index is 11.8. The van der Waals surface area contributed by atoms with E-state index >= 15 is 0 Å². The zero-order chi connectivity index (χ0) is 33.0. The van der Waals surface area contributed by atoms with Gasteiger partial charge in [-0.1, -0.05) is 12.2 Å². The summed E-state index contributed by atoms with van der Waals surface area (Å²) in [6.07, 6.45) is 8.22. The molecule has 8 nitrogen and oxygen atoms in total. The monoisotopic (exact) mass is 648 g/mol. The molecule has 8 bridgehead atoms. The molecule has 2 aromatic carbocycles. The number of hydrogen-bond donors (Lipinski definition) is 6. The first kappa shape index (κ1) is 29.4. The highest BCUT2D eigenvalue weighted by Gasteiger charge is 2.63. The van der Waals surface area contributed by atoms with Crippen LogP contribution in [0, 0.1) is 23.7 Å². The van der Waals surface area contributed by atoms with Gasteiger partial charge in [0.15, 0.2) is 0 Å². The number of nitrogens with one attached hydrogen (secondary N) is 2. The fourth-order valence-electron chi connectivity index (χ4n) is 12.8. The number of aromatic hydroxyl groups is 2. The van der Waals surface area contributed by atoms with Gasteiger partial charge in [0.1, 0.15) is 36.7 Å². The second-order valence-electron chi connectivity index (χ2n) is 16.5. The Kier molecular flexibility index (Phi) is 5.85. The Morgan fingerprint density at radius 1 is 0.688 bits per heavy atom. The van der Waals surface area contributed by atoms with Crippen molar-refractivity contribution in [1.82, 2.24) is 9.97 Å². The van der Waals surface area contributed by atoms with Crippen LogP contribution in [0.4, 0.5) is 0 Å². The summed E-state index contributed by atoms with van der Waals surface area (Å²) in [5, 5.41) is 47.1. The normalized spacial score (nSPS) is 39.1. The SMILES string of the molecule is CC=C1C[N+]2(C)C3CC1C(CO)C2Cc1c3[nH]c2ccc(O)c(-c3c(O)ccc4[nH]c5c(c34)CC3C(CO)C4CC5[N+]3(C)CC4=CC)c12. The summed E-state index contributed by atoms with van der Waals surface area (Å²) in [7, 11) is 4.76. The van der Waals surface area contributed by atoms with Crippen LogP contribution in [0.15, 0.2) is 47.6 Å². The number of piperidine rings is 6. The van der Waals surface area contributed by atoms with Gasteiger partial charge in [0.25, 0.3) is 0 Å². The molecule has 6 saturated heterocycles. The highest BCUT2D eigenvalue weighted by Crippen LogP contribution is 2.61. The molecule has 6 N–H and O–H groups in total. The van der Waals surface area contributed by atoms with Gasteiger partial charge in [0, 0.05) is 82.3 Å². The fraction of sp³-hybridized carbons (Fsp3) is 0.500. The molecule has 10 atom stereocenters. The van der Waals surface area contributed by atoms with Gasteiger partial charge in [-0.05, 0) is 60.4 Å². The summed E-state index contributed by atoms with van der Waals surface area (Å²) in [5.74, 6) is 1.56. The highest BCUT2D eigenvalue weighted by atomic mass is 16.3. The molecule has 8 heteroatoms. The van der Waals surface area contributed by atoms with E-state index in [0.29, 0.717) is 47.1 Å². The lowest BCUT2D eigenvalue weighted by atomic mass is 9.62. The number of hydrogen-bond acceptors (Lipinski definition) is 4. The van der Waals surface area contributed by atoms with Gasteiger partial charge in [-0.25, -0.2) is 0 Å². The number of aromatic nitrogens is 2. The largest absolute Gasteiger partial charge is 0.507 e. The fourth-order valence-corrected chi connectivity index (χ4v) is 12.8. The minimum atomic E-state index is 0.179. The molecule has 0 saturated carbocycles. The second-order valence-corrected chi connectivity index (χ2v) is 16.5. The van der Waals surface area contributed by atoms with E-state index in [1.807, 2.05) is 12.1 Å². The van der Waals surface area contributed by atoms with Gasteiger partial charge in [0.05, 0.1) is 50.8 Å². The van der Waals surface area contributed by atoms with Crippen LogP contribution < -0.4 is 0 Å². The van der Waals surface area contributed by atoms with E-state index in [4.69, 9.17) is 0 Å². The zero-order valence-corrected chi connectivity index (χ0v) is 28.4. The number of aromatic amines is 2. The molecule has 48 heavy (non-hydrogen) atoms. The average Bonchev–Trinajstić information content (AvgIpc) is 3.62. The van der Waals surface area contributed by atoms with Crippen molar-refractivity contribution in [3.05, 3.63) is 70.1 Å². The van der Waals surface area contributed by atoms with E-state index in [2.05, 4.69) is 50.1 Å². The quantitative estimate of drug-likeness (QED) is 0.126. The van der Waals surface area contributed by atoms with Crippen LogP contribution in [-0.2, 0) is 12.8 Å². The molecule has 2 aromatic heterocycles. The number of H-pyrrole nitrogens is 2. The molecule has 0 spiro atoms. The van der Waals surface area contributed by atoms with Crippen LogP contribution >= 0.6 is 0 Å². The van der Waals surface area contributed by atoms with Gasteiger partial charge in [-0.15, -0.1) is 0 Å². The molecule has 250 valence electrons. The van der Waals surface area contributed by atoms with Gasteiger partial charge in [-0.3, -0.25) is 0 Å². The molecular weight excluding hydrogens is 600 g/mol. The van der Waals surface area contributed by atoms with Crippen molar-refractivity contribution in [2.75, 3.05) is 40.4 Å². The van der Waals surface area contributed by atoms with Crippen LogP contribution in [0.1, 0.15) is 61.3 Å². The van der Waals surface area contributed by atoms with Gasteiger partial charge in [-0.2, -0.15) is 0 Å². The number of aliphatic hydroxyl groups excluding tert-OH is 2. The van der Waals surface area contributed by atoms with E-state index in [0.717, 1.165) is 69.5 Å². The second kappa shape index (κ2) is 9.57. The summed E-state index contributed by atoms with van der Waals surface area (Å²) in [5.41, 5.74) is 11.4. The molecule has 10 heterocycles. The molecule has 4 aromatic rings. The Labute approximate surface area is 281 Å². The number of aliphatic hydroxyl groups is 2. The number of likely N-dealkylation sites (N-methyl/N-ethyl adjacent to an activating group) is 2. The average molecular weight is 649 g/mol. The molecule has 8 aliphatic heterocycles. The maximum Gasteiger partial charge on any atom is 0.131 e. The first-order valence-corrected chi connectivity index (χ1v) is 18.1. The van der Waals surface area contributed by atoms with Gasteiger partial charge in [0.2, 0.25) is 0 Å². The number of allylic oxidation sites excluding steroid dienone is 2. The number of rotatable bonds is 3. The molecule has 6 fully saturated rings. The number of nitrogens with zero attached hydrogens (tertiary/aromatic N) is 2. The van der Waals surface area contributed by atoms with Crippen molar-refractivity contribution in [3.63, 3.8) is 0 Å². The molecule has 0 aliphatic carbocycles. The molecule has 12 rings (SSSR count). The van der Waals surface area contributed by atoms with Crippen LogP contribution in [0.25, 0.3) is 32.9 Å². The first-order valence-electron chi connectivity index (χ1n) is 18.1. The Balaban J connectivity index is 1.20. The molecule has 10 unspecified atom stereocenters. The lowest BCUT2D eigenvalue weighted by molar-refractivity contribution is -0.978. The molecule has 0 amide bonds. The Hall–Kier alpha value is -3.56. The van der Waals surface area contributed by atoms with Gasteiger partial charge >= 0.3 is 0 Å². The highest BCUT2D eigenvalue weighted by molar-refractivity contribution is 6.11. The summed E-state index contributed by atoms with van der Waals surface area (Å²) in [4.78, 5) is 7.71. The predicted octanol–water partition coefficient (Wildman–Crippen LogP) is 5.73. The Morgan fingerprint density at radius 2 is 1.10 bits per heavy atom. The smallest absolute Gasteiger partial charge is 0.131 e. The topological polar surface area (TPSA) is 113 Å². The van der Waals surface area contributed by atoms with Crippen molar-refractivity contribution < 1.29 is 29.4 Å². The molecule has 8 aliphatic rings. The van der Waals surface area contributed by atoms with Crippen molar-refractivity contribution in [2.24, 2.45) is 23.7 Å². The molecule has 0 radical (unpaired) electrons. The minimum Gasteiger partial charge on any atom is -0.507 e. The number of phenols is 2. The van der Waals surface area contributed by atoms with Crippen LogP contribution in [-0.4, -0.2) is 91.8 Å². The lowest BCUT2D eigenvalue weighted by Crippen LogP contribution is -2.70. The Bertz CT molecular complexity index is 1970.